The first kappa shape index (κ1) is 19.2. The van der Waals surface area contributed by atoms with E-state index in [0.717, 1.165) is 25.3 Å². The number of hydrogen-bond donors (Lipinski definition) is 3. The standard InChI is InChI=1S/C17H35N3O2/c1-5-14(3)17(4,22)13-19-16(21)18-10-7-15-8-11-20(6-2)12-9-15/h14-15,22H,5-13H2,1-4H3,(H2,18,19,21). The number of carbonyl (C=O) groups is 1. The monoisotopic (exact) mass is 313 g/mol. The first-order chi connectivity index (χ1) is 10.4. The topological polar surface area (TPSA) is 64.6 Å². The number of amides is 2. The van der Waals surface area contributed by atoms with Gasteiger partial charge >= 0.3 is 6.03 Å². The molecular weight excluding hydrogens is 278 g/mol. The lowest BCUT2D eigenvalue weighted by Crippen LogP contribution is -2.48. The molecule has 1 aliphatic rings. The molecule has 3 N–H and O–H groups in total. The molecular formula is C17H35N3O2. The molecule has 2 atom stereocenters. The molecule has 130 valence electrons. The maximum atomic E-state index is 11.8. The zero-order chi connectivity index (χ0) is 16.6. The van der Waals surface area contributed by atoms with Gasteiger partial charge in [-0.2, -0.15) is 0 Å². The van der Waals surface area contributed by atoms with E-state index >= 15 is 0 Å². The Kier molecular flexibility index (Phi) is 8.18. The lowest BCUT2D eigenvalue weighted by molar-refractivity contribution is 0.00790. The Balaban J connectivity index is 2.14. The maximum Gasteiger partial charge on any atom is 0.314 e. The summed E-state index contributed by atoms with van der Waals surface area (Å²) >= 11 is 0. The van der Waals surface area contributed by atoms with Gasteiger partial charge in [0.05, 0.1) is 5.60 Å². The van der Waals surface area contributed by atoms with Crippen LogP contribution in [-0.4, -0.2) is 54.4 Å². The summed E-state index contributed by atoms with van der Waals surface area (Å²) in [4.78, 5) is 14.3. The van der Waals surface area contributed by atoms with Crippen molar-refractivity contribution in [2.45, 2.75) is 59.0 Å². The van der Waals surface area contributed by atoms with Crippen molar-refractivity contribution in [2.75, 3.05) is 32.7 Å². The van der Waals surface area contributed by atoms with Crippen molar-refractivity contribution in [1.82, 2.24) is 15.5 Å². The number of likely N-dealkylation sites (tertiary alicyclic amines) is 1. The summed E-state index contributed by atoms with van der Waals surface area (Å²) in [5.74, 6) is 0.892. The van der Waals surface area contributed by atoms with Crippen LogP contribution in [0, 0.1) is 11.8 Å². The summed E-state index contributed by atoms with van der Waals surface area (Å²) in [6.07, 6.45) is 4.42. The van der Waals surface area contributed by atoms with E-state index in [9.17, 15) is 9.90 Å². The van der Waals surface area contributed by atoms with E-state index in [4.69, 9.17) is 0 Å². The minimum Gasteiger partial charge on any atom is -0.388 e. The number of nitrogens with zero attached hydrogens (tertiary/aromatic N) is 1. The van der Waals surface area contributed by atoms with Gasteiger partial charge in [0.15, 0.2) is 0 Å². The molecule has 5 heteroatoms. The number of carbonyl (C=O) groups excluding carboxylic acids is 1. The second-order valence-electron chi connectivity index (χ2n) is 6.94. The predicted octanol–water partition coefficient (Wildman–Crippen LogP) is 2.20. The average molecular weight is 313 g/mol. The van der Waals surface area contributed by atoms with E-state index < -0.39 is 5.60 Å². The van der Waals surface area contributed by atoms with E-state index in [1.807, 2.05) is 13.8 Å². The van der Waals surface area contributed by atoms with Crippen LogP contribution in [0.2, 0.25) is 0 Å². The third kappa shape index (κ3) is 6.53. The first-order valence-corrected chi connectivity index (χ1v) is 8.85. The molecule has 0 bridgehead atoms. The second kappa shape index (κ2) is 9.36. The van der Waals surface area contributed by atoms with Crippen LogP contribution in [0.1, 0.15) is 53.4 Å². The van der Waals surface area contributed by atoms with Gasteiger partial charge in [0.25, 0.3) is 0 Å². The van der Waals surface area contributed by atoms with Gasteiger partial charge in [-0.1, -0.05) is 27.2 Å². The van der Waals surface area contributed by atoms with Crippen LogP contribution >= 0.6 is 0 Å². The quantitative estimate of drug-likeness (QED) is 0.644. The molecule has 0 radical (unpaired) electrons. The molecule has 0 aromatic heterocycles. The Morgan fingerprint density at radius 3 is 2.50 bits per heavy atom. The molecule has 0 aliphatic carbocycles. The Bertz CT molecular complexity index is 326. The summed E-state index contributed by atoms with van der Waals surface area (Å²) in [5.41, 5.74) is -0.848. The normalized spacial score (nSPS) is 21.1. The van der Waals surface area contributed by atoms with Crippen LogP contribution in [-0.2, 0) is 0 Å². The lowest BCUT2D eigenvalue weighted by atomic mass is 9.89. The zero-order valence-corrected chi connectivity index (χ0v) is 14.8. The lowest BCUT2D eigenvalue weighted by Gasteiger charge is -2.31. The van der Waals surface area contributed by atoms with Crippen LogP contribution in [0.5, 0.6) is 0 Å². The van der Waals surface area contributed by atoms with Gasteiger partial charge in [-0.25, -0.2) is 4.79 Å². The number of urea groups is 1. The minimum atomic E-state index is -0.848. The summed E-state index contributed by atoms with van der Waals surface area (Å²) in [7, 11) is 0. The molecule has 1 fully saturated rings. The third-order valence-electron chi connectivity index (χ3n) is 5.27. The van der Waals surface area contributed by atoms with E-state index in [-0.39, 0.29) is 11.9 Å². The Morgan fingerprint density at radius 1 is 1.32 bits per heavy atom. The summed E-state index contributed by atoms with van der Waals surface area (Å²) in [6, 6.07) is -0.172. The van der Waals surface area contributed by atoms with Gasteiger partial charge in [-0.3, -0.25) is 0 Å². The number of rotatable bonds is 8. The van der Waals surface area contributed by atoms with Crippen molar-refractivity contribution in [3.8, 4) is 0 Å². The highest BCUT2D eigenvalue weighted by Crippen LogP contribution is 2.20. The maximum absolute atomic E-state index is 11.8. The summed E-state index contributed by atoms with van der Waals surface area (Å²) < 4.78 is 0. The van der Waals surface area contributed by atoms with E-state index in [1.165, 1.54) is 25.9 Å². The van der Waals surface area contributed by atoms with Crippen LogP contribution in [0.25, 0.3) is 0 Å². The molecule has 0 aromatic carbocycles. The number of piperidine rings is 1. The highest BCUT2D eigenvalue weighted by Gasteiger charge is 2.27. The van der Waals surface area contributed by atoms with Crippen molar-refractivity contribution in [2.24, 2.45) is 11.8 Å². The number of aliphatic hydroxyl groups is 1. The highest BCUT2D eigenvalue weighted by molar-refractivity contribution is 5.73. The van der Waals surface area contributed by atoms with E-state index in [0.29, 0.717) is 13.1 Å². The van der Waals surface area contributed by atoms with Gasteiger partial charge in [-0.05, 0) is 57.7 Å². The Labute approximate surface area is 135 Å². The molecule has 22 heavy (non-hydrogen) atoms. The molecule has 5 nitrogen and oxygen atoms in total. The summed E-state index contributed by atoms with van der Waals surface area (Å²) in [6.45, 7) is 12.6. The van der Waals surface area contributed by atoms with Gasteiger partial charge in [0, 0.05) is 13.1 Å². The van der Waals surface area contributed by atoms with Gasteiger partial charge in [0.2, 0.25) is 0 Å². The molecule has 1 aliphatic heterocycles. The fourth-order valence-electron chi connectivity index (χ4n) is 2.92. The number of hydrogen-bond acceptors (Lipinski definition) is 3. The first-order valence-electron chi connectivity index (χ1n) is 8.85. The molecule has 0 aromatic rings. The van der Waals surface area contributed by atoms with Crippen LogP contribution in [0.3, 0.4) is 0 Å². The number of nitrogens with one attached hydrogen (secondary N) is 2. The Hall–Kier alpha value is -0.810. The minimum absolute atomic E-state index is 0.163. The molecule has 2 unspecified atom stereocenters. The fourth-order valence-corrected chi connectivity index (χ4v) is 2.92. The second-order valence-corrected chi connectivity index (χ2v) is 6.94. The van der Waals surface area contributed by atoms with Crippen molar-refractivity contribution >= 4 is 6.03 Å². The van der Waals surface area contributed by atoms with Crippen molar-refractivity contribution in [3.63, 3.8) is 0 Å². The van der Waals surface area contributed by atoms with Crippen LogP contribution in [0.15, 0.2) is 0 Å². The smallest absolute Gasteiger partial charge is 0.314 e. The van der Waals surface area contributed by atoms with Crippen LogP contribution in [0.4, 0.5) is 4.79 Å². The zero-order valence-electron chi connectivity index (χ0n) is 14.8. The van der Waals surface area contributed by atoms with E-state index in [1.54, 1.807) is 6.92 Å². The van der Waals surface area contributed by atoms with Crippen LogP contribution < -0.4 is 10.6 Å². The highest BCUT2D eigenvalue weighted by atomic mass is 16.3. The Morgan fingerprint density at radius 2 is 1.95 bits per heavy atom. The van der Waals surface area contributed by atoms with Gasteiger partial charge < -0.3 is 20.6 Å². The molecule has 1 heterocycles. The molecule has 1 saturated heterocycles. The molecule has 0 saturated carbocycles. The largest absolute Gasteiger partial charge is 0.388 e. The van der Waals surface area contributed by atoms with Crippen molar-refractivity contribution < 1.29 is 9.90 Å². The van der Waals surface area contributed by atoms with Gasteiger partial charge in [0.1, 0.15) is 0 Å². The van der Waals surface area contributed by atoms with Crippen molar-refractivity contribution in [1.29, 1.82) is 0 Å². The molecule has 2 amide bonds. The SMILES string of the molecule is CCC(C)C(C)(O)CNC(=O)NCCC1CCN(CC)CC1. The fraction of sp³-hybridized carbons (Fsp3) is 0.941. The molecule has 0 spiro atoms. The third-order valence-corrected chi connectivity index (χ3v) is 5.27. The van der Waals surface area contributed by atoms with Gasteiger partial charge in [-0.15, -0.1) is 0 Å². The van der Waals surface area contributed by atoms with E-state index in [2.05, 4.69) is 22.5 Å². The summed E-state index contributed by atoms with van der Waals surface area (Å²) in [5, 5.41) is 16.0. The average Bonchev–Trinajstić information content (AvgIpc) is 2.52. The predicted molar refractivity (Wildman–Crippen MR) is 90.9 cm³/mol. The van der Waals surface area contributed by atoms with Crippen molar-refractivity contribution in [3.05, 3.63) is 0 Å². The molecule has 1 rings (SSSR count).